The Bertz CT molecular complexity index is 596. The van der Waals surface area contributed by atoms with E-state index in [9.17, 15) is 8.42 Å². The Hall–Kier alpha value is -1.56. The highest BCUT2D eigenvalue weighted by atomic mass is 32.2. The Morgan fingerprint density at radius 2 is 2.20 bits per heavy atom. The Kier molecular flexibility index (Phi) is 4.65. The molecule has 0 atom stereocenters. The molecule has 0 aromatic heterocycles. The van der Waals surface area contributed by atoms with Gasteiger partial charge in [-0.25, -0.2) is 8.42 Å². The fraction of sp³-hybridized carbons (Fsp3) is 0.500. The fourth-order valence-corrected chi connectivity index (χ4v) is 3.06. The first-order chi connectivity index (χ1) is 9.53. The van der Waals surface area contributed by atoms with Gasteiger partial charge in [0.15, 0.2) is 15.8 Å². The van der Waals surface area contributed by atoms with Crippen LogP contribution in [0.4, 0.5) is 0 Å². The molecule has 0 saturated heterocycles. The van der Waals surface area contributed by atoms with Gasteiger partial charge in [-0.15, -0.1) is 0 Å². The van der Waals surface area contributed by atoms with Gasteiger partial charge in [0.05, 0.1) is 10.6 Å². The van der Waals surface area contributed by atoms with Gasteiger partial charge in [-0.1, -0.05) is 19.1 Å². The van der Waals surface area contributed by atoms with Gasteiger partial charge in [-0.2, -0.15) is 0 Å². The van der Waals surface area contributed by atoms with Crippen molar-refractivity contribution in [1.82, 2.24) is 10.2 Å². The first kappa shape index (κ1) is 14.8. The minimum absolute atomic E-state index is 0.124. The number of hydrogen-bond donors (Lipinski definition) is 1. The third kappa shape index (κ3) is 3.50. The molecule has 1 aromatic rings. The molecule has 0 fully saturated rings. The molecule has 0 aliphatic carbocycles. The van der Waals surface area contributed by atoms with Crippen molar-refractivity contribution in [1.29, 1.82) is 0 Å². The average molecular weight is 295 g/mol. The summed E-state index contributed by atoms with van der Waals surface area (Å²) >= 11 is 0. The maximum Gasteiger partial charge on any atom is 0.193 e. The minimum atomic E-state index is -3.14. The molecular weight excluding hydrogens is 274 g/mol. The number of nitrogens with one attached hydrogen (secondary N) is 1. The van der Waals surface area contributed by atoms with Crippen molar-refractivity contribution in [2.24, 2.45) is 4.99 Å². The van der Waals surface area contributed by atoms with Crippen LogP contribution in [0, 0.1) is 0 Å². The normalized spacial score (nSPS) is 15.9. The molecule has 20 heavy (non-hydrogen) atoms. The Morgan fingerprint density at radius 3 is 2.90 bits per heavy atom. The van der Waals surface area contributed by atoms with Gasteiger partial charge in [0.25, 0.3) is 0 Å². The van der Waals surface area contributed by atoms with Gasteiger partial charge >= 0.3 is 0 Å². The second-order valence-corrected chi connectivity index (χ2v) is 7.16. The highest BCUT2D eigenvalue weighted by Gasteiger charge is 2.13. The van der Waals surface area contributed by atoms with E-state index in [2.05, 4.69) is 15.2 Å². The molecule has 5 nitrogen and oxygen atoms in total. The molecule has 0 radical (unpaired) electrons. The number of aliphatic imine (C=N–C) groups is 1. The second kappa shape index (κ2) is 6.26. The Balaban J connectivity index is 2.07. The zero-order valence-electron chi connectivity index (χ0n) is 12.0. The standard InChI is InChI=1S/C14H21N3O2S/c1-3-20(18,19)13-7-4-6-12(10-13)11-16-14-15-8-5-9-17(14)2/h4,6-7,10H,3,5,8-9,11H2,1-2H3,(H,15,16). The van der Waals surface area contributed by atoms with Crippen LogP contribution in [0.1, 0.15) is 18.9 Å². The zero-order chi connectivity index (χ0) is 14.6. The van der Waals surface area contributed by atoms with Crippen LogP contribution >= 0.6 is 0 Å². The minimum Gasteiger partial charge on any atom is -0.352 e. The zero-order valence-corrected chi connectivity index (χ0v) is 12.8. The van der Waals surface area contributed by atoms with Crippen LogP contribution in [0.3, 0.4) is 0 Å². The quantitative estimate of drug-likeness (QED) is 0.908. The Labute approximate surface area is 120 Å². The second-order valence-electron chi connectivity index (χ2n) is 4.88. The molecule has 1 aromatic carbocycles. The summed E-state index contributed by atoms with van der Waals surface area (Å²) in [5.74, 6) is 0.999. The highest BCUT2D eigenvalue weighted by Crippen LogP contribution is 2.13. The molecule has 1 heterocycles. The summed E-state index contributed by atoms with van der Waals surface area (Å²) < 4.78 is 23.7. The lowest BCUT2D eigenvalue weighted by Crippen LogP contribution is -2.41. The molecule has 0 saturated carbocycles. The number of benzene rings is 1. The van der Waals surface area contributed by atoms with Gasteiger partial charge < -0.3 is 10.2 Å². The lowest BCUT2D eigenvalue weighted by Gasteiger charge is -2.25. The molecule has 1 aliphatic heterocycles. The van der Waals surface area contributed by atoms with E-state index >= 15 is 0 Å². The first-order valence-corrected chi connectivity index (χ1v) is 8.49. The largest absolute Gasteiger partial charge is 0.352 e. The topological polar surface area (TPSA) is 61.8 Å². The van der Waals surface area contributed by atoms with Crippen molar-refractivity contribution in [3.8, 4) is 0 Å². The SMILES string of the molecule is CCS(=O)(=O)c1cccc(CNC2=NCCCN2C)c1. The third-order valence-corrected chi connectivity index (χ3v) is 5.10. The maximum absolute atomic E-state index is 11.9. The van der Waals surface area contributed by atoms with Crippen LogP contribution < -0.4 is 5.32 Å². The average Bonchev–Trinajstić information content (AvgIpc) is 2.47. The van der Waals surface area contributed by atoms with Gasteiger partial charge in [-0.05, 0) is 24.1 Å². The third-order valence-electron chi connectivity index (χ3n) is 3.36. The van der Waals surface area contributed by atoms with Crippen LogP contribution in [0.5, 0.6) is 0 Å². The molecule has 2 rings (SSSR count). The van der Waals surface area contributed by atoms with Gasteiger partial charge in [-0.3, -0.25) is 4.99 Å². The predicted molar refractivity (Wildman–Crippen MR) is 80.6 cm³/mol. The molecule has 6 heteroatoms. The van der Waals surface area contributed by atoms with E-state index in [-0.39, 0.29) is 5.75 Å². The van der Waals surface area contributed by atoms with Crippen molar-refractivity contribution in [3.05, 3.63) is 29.8 Å². The molecule has 1 aliphatic rings. The number of hydrogen-bond acceptors (Lipinski definition) is 5. The molecule has 0 bridgehead atoms. The maximum atomic E-state index is 11.9. The van der Waals surface area contributed by atoms with Crippen LogP contribution in [-0.2, 0) is 16.4 Å². The molecule has 0 unspecified atom stereocenters. The van der Waals surface area contributed by atoms with E-state index < -0.39 is 9.84 Å². The van der Waals surface area contributed by atoms with Gasteiger partial charge in [0.2, 0.25) is 0 Å². The molecule has 0 amide bonds. The number of guanidine groups is 1. The summed E-state index contributed by atoms with van der Waals surface area (Å²) in [5, 5.41) is 3.27. The summed E-state index contributed by atoms with van der Waals surface area (Å²) in [4.78, 5) is 6.89. The van der Waals surface area contributed by atoms with E-state index in [1.54, 1.807) is 25.1 Å². The van der Waals surface area contributed by atoms with Crippen molar-refractivity contribution in [2.45, 2.75) is 24.8 Å². The van der Waals surface area contributed by atoms with Crippen LogP contribution in [0.2, 0.25) is 0 Å². The van der Waals surface area contributed by atoms with E-state index in [1.807, 2.05) is 13.1 Å². The Morgan fingerprint density at radius 1 is 1.40 bits per heavy atom. The fourth-order valence-electron chi connectivity index (χ4n) is 2.11. The lowest BCUT2D eigenvalue weighted by atomic mass is 10.2. The molecule has 0 spiro atoms. The van der Waals surface area contributed by atoms with Crippen LogP contribution in [0.15, 0.2) is 34.2 Å². The van der Waals surface area contributed by atoms with E-state index in [4.69, 9.17) is 0 Å². The predicted octanol–water partition coefficient (Wildman–Crippen LogP) is 1.26. The van der Waals surface area contributed by atoms with Crippen molar-refractivity contribution < 1.29 is 8.42 Å². The van der Waals surface area contributed by atoms with Crippen molar-refractivity contribution >= 4 is 15.8 Å². The monoisotopic (exact) mass is 295 g/mol. The van der Waals surface area contributed by atoms with E-state index in [0.29, 0.717) is 11.4 Å². The van der Waals surface area contributed by atoms with Crippen LogP contribution in [-0.4, -0.2) is 45.2 Å². The molecular formula is C14H21N3O2S. The number of sulfone groups is 1. The van der Waals surface area contributed by atoms with E-state index in [0.717, 1.165) is 31.0 Å². The smallest absolute Gasteiger partial charge is 0.193 e. The van der Waals surface area contributed by atoms with Crippen molar-refractivity contribution in [3.63, 3.8) is 0 Å². The first-order valence-electron chi connectivity index (χ1n) is 6.84. The molecule has 1 N–H and O–H groups in total. The summed E-state index contributed by atoms with van der Waals surface area (Å²) in [6.45, 7) is 4.08. The molecule has 110 valence electrons. The number of rotatable bonds is 4. The summed E-state index contributed by atoms with van der Waals surface area (Å²) in [7, 11) is -1.14. The summed E-state index contributed by atoms with van der Waals surface area (Å²) in [6.07, 6.45) is 1.08. The van der Waals surface area contributed by atoms with E-state index in [1.165, 1.54) is 0 Å². The van der Waals surface area contributed by atoms with Gasteiger partial charge in [0, 0.05) is 26.7 Å². The van der Waals surface area contributed by atoms with Crippen LogP contribution in [0.25, 0.3) is 0 Å². The number of nitrogens with zero attached hydrogens (tertiary/aromatic N) is 2. The van der Waals surface area contributed by atoms with Crippen molar-refractivity contribution in [2.75, 3.05) is 25.9 Å². The summed E-state index contributed by atoms with van der Waals surface area (Å²) in [5.41, 5.74) is 0.946. The lowest BCUT2D eigenvalue weighted by molar-refractivity contribution is 0.446. The summed E-state index contributed by atoms with van der Waals surface area (Å²) in [6, 6.07) is 7.08. The van der Waals surface area contributed by atoms with Gasteiger partial charge in [0.1, 0.15) is 0 Å². The highest BCUT2D eigenvalue weighted by molar-refractivity contribution is 7.91.